The quantitative estimate of drug-likeness (QED) is 0.416. The van der Waals surface area contributed by atoms with Crippen LogP contribution in [0.25, 0.3) is 0 Å². The van der Waals surface area contributed by atoms with E-state index in [1.807, 2.05) is 5.38 Å². The molecule has 0 atom stereocenters. The second kappa shape index (κ2) is 3.92. The first-order chi connectivity index (χ1) is 2.89. The van der Waals surface area contributed by atoms with Crippen molar-refractivity contribution in [1.82, 2.24) is 4.98 Å². The van der Waals surface area contributed by atoms with Crippen LogP contribution in [0, 0.1) is 0 Å². The van der Waals surface area contributed by atoms with Crippen LogP contribution in [-0.4, -0.2) is 34.5 Å². The van der Waals surface area contributed by atoms with Crippen LogP contribution in [-0.2, 0) is 0 Å². The molecule has 0 spiro atoms. The standard InChI is InChI=1S/C3H3NS2.Na.H/c5-3-1-6-2-4-3;;/h1-2,5H;;. The molecule has 1 aromatic rings. The summed E-state index contributed by atoms with van der Waals surface area (Å²) < 4.78 is 0. The van der Waals surface area contributed by atoms with Gasteiger partial charge in [-0.1, -0.05) is 0 Å². The van der Waals surface area contributed by atoms with Crippen LogP contribution in [0.3, 0.4) is 0 Å². The van der Waals surface area contributed by atoms with Gasteiger partial charge in [-0.2, -0.15) is 0 Å². The molecule has 0 unspecified atom stereocenters. The first-order valence-electron chi connectivity index (χ1n) is 1.47. The van der Waals surface area contributed by atoms with Crippen LogP contribution >= 0.6 is 24.0 Å². The molecule has 1 nitrogen and oxygen atoms in total. The Morgan fingerprint density at radius 2 is 2.43 bits per heavy atom. The Kier molecular flexibility index (Phi) is 4.47. The van der Waals surface area contributed by atoms with Crippen molar-refractivity contribution < 1.29 is 0 Å². The van der Waals surface area contributed by atoms with Gasteiger partial charge in [0.05, 0.1) is 5.51 Å². The van der Waals surface area contributed by atoms with Crippen LogP contribution in [0.15, 0.2) is 15.9 Å². The van der Waals surface area contributed by atoms with Crippen molar-refractivity contribution in [2.45, 2.75) is 5.03 Å². The molecule has 1 rings (SSSR count). The van der Waals surface area contributed by atoms with E-state index < -0.39 is 0 Å². The fourth-order valence-corrected chi connectivity index (χ4v) is 0.942. The van der Waals surface area contributed by atoms with Gasteiger partial charge < -0.3 is 0 Å². The van der Waals surface area contributed by atoms with Gasteiger partial charge in [-0.05, 0) is 0 Å². The van der Waals surface area contributed by atoms with E-state index in [0.717, 1.165) is 5.03 Å². The zero-order valence-corrected chi connectivity index (χ0v) is 4.67. The predicted molar refractivity (Wildman–Crippen MR) is 36.5 cm³/mol. The van der Waals surface area contributed by atoms with Crippen LogP contribution < -0.4 is 0 Å². The Morgan fingerprint density at radius 1 is 1.71 bits per heavy atom. The van der Waals surface area contributed by atoms with Gasteiger partial charge in [-0.3, -0.25) is 0 Å². The van der Waals surface area contributed by atoms with E-state index in [9.17, 15) is 0 Å². The van der Waals surface area contributed by atoms with Crippen molar-refractivity contribution in [1.29, 1.82) is 0 Å². The Hall–Kier alpha value is 0.980. The summed E-state index contributed by atoms with van der Waals surface area (Å²) in [5.41, 5.74) is 1.75. The number of thiol groups is 1. The molecule has 1 heterocycles. The number of nitrogens with zero attached hydrogens (tertiary/aromatic N) is 1. The molecular weight excluding hydrogens is 137 g/mol. The van der Waals surface area contributed by atoms with Crippen molar-refractivity contribution >= 4 is 53.5 Å². The first-order valence-corrected chi connectivity index (χ1v) is 2.86. The summed E-state index contributed by atoms with van der Waals surface area (Å²) in [5.74, 6) is 0. The Labute approximate surface area is 73.9 Å². The van der Waals surface area contributed by atoms with Gasteiger partial charge in [-0.15, -0.1) is 24.0 Å². The summed E-state index contributed by atoms with van der Waals surface area (Å²) in [4.78, 5) is 3.80. The molecule has 0 saturated heterocycles. The molecule has 0 radical (unpaired) electrons. The molecule has 0 fully saturated rings. The summed E-state index contributed by atoms with van der Waals surface area (Å²) in [6.07, 6.45) is 0. The van der Waals surface area contributed by atoms with E-state index in [1.54, 1.807) is 16.8 Å². The maximum atomic E-state index is 3.93. The minimum absolute atomic E-state index is 0. The fourth-order valence-electron chi connectivity index (χ4n) is 0.206. The van der Waals surface area contributed by atoms with E-state index in [-0.39, 0.29) is 29.6 Å². The Bertz CT molecular complexity index is 116. The molecule has 0 bridgehead atoms. The average molecular weight is 141 g/mol. The van der Waals surface area contributed by atoms with Gasteiger partial charge in [0, 0.05) is 5.38 Å². The molecule has 0 amide bonds. The van der Waals surface area contributed by atoms with E-state index in [4.69, 9.17) is 0 Å². The molecule has 0 aliphatic heterocycles. The Morgan fingerprint density at radius 3 is 2.57 bits per heavy atom. The van der Waals surface area contributed by atoms with Crippen molar-refractivity contribution in [3.05, 3.63) is 10.9 Å². The summed E-state index contributed by atoms with van der Waals surface area (Å²) in [5, 5.41) is 2.68. The average Bonchev–Trinajstić information content (AvgIpc) is 1.86. The monoisotopic (exact) mass is 141 g/mol. The van der Waals surface area contributed by atoms with E-state index in [0.29, 0.717) is 0 Å². The van der Waals surface area contributed by atoms with Gasteiger partial charge in [0.2, 0.25) is 0 Å². The van der Waals surface area contributed by atoms with Gasteiger partial charge in [-0.25, -0.2) is 4.98 Å². The molecule has 4 heteroatoms. The fraction of sp³-hybridized carbons (Fsp3) is 0. The third-order valence-corrected chi connectivity index (χ3v) is 1.43. The maximum absolute atomic E-state index is 3.93. The molecule has 7 heavy (non-hydrogen) atoms. The number of aromatic nitrogens is 1. The summed E-state index contributed by atoms with van der Waals surface area (Å²) in [6, 6.07) is 0. The topological polar surface area (TPSA) is 12.9 Å². The molecule has 1 aromatic heterocycles. The summed E-state index contributed by atoms with van der Waals surface area (Å²) in [7, 11) is 0. The summed E-state index contributed by atoms with van der Waals surface area (Å²) >= 11 is 5.49. The number of thiazole rings is 1. The molecule has 34 valence electrons. The predicted octanol–water partition coefficient (Wildman–Crippen LogP) is 0.783. The second-order valence-corrected chi connectivity index (χ2v) is 2.02. The van der Waals surface area contributed by atoms with Crippen molar-refractivity contribution in [3.63, 3.8) is 0 Å². The molecule has 0 aromatic carbocycles. The van der Waals surface area contributed by atoms with Crippen molar-refractivity contribution in [3.8, 4) is 0 Å². The number of rotatable bonds is 0. The van der Waals surface area contributed by atoms with Crippen LogP contribution in [0.1, 0.15) is 0 Å². The van der Waals surface area contributed by atoms with Crippen molar-refractivity contribution in [2.75, 3.05) is 0 Å². The number of hydrogen-bond acceptors (Lipinski definition) is 3. The van der Waals surface area contributed by atoms with E-state index in [2.05, 4.69) is 17.6 Å². The van der Waals surface area contributed by atoms with Crippen LogP contribution in [0.4, 0.5) is 0 Å². The first kappa shape index (κ1) is 7.98. The van der Waals surface area contributed by atoms with Gasteiger partial charge in [0.15, 0.2) is 0 Å². The third-order valence-electron chi connectivity index (χ3n) is 0.419. The minimum atomic E-state index is 0. The van der Waals surface area contributed by atoms with Gasteiger partial charge in [0.25, 0.3) is 0 Å². The van der Waals surface area contributed by atoms with Crippen LogP contribution in [0.5, 0.6) is 0 Å². The second-order valence-electron chi connectivity index (χ2n) is 0.847. The van der Waals surface area contributed by atoms with E-state index in [1.165, 1.54) is 0 Å². The molecule has 0 N–H and O–H groups in total. The van der Waals surface area contributed by atoms with Crippen molar-refractivity contribution in [2.24, 2.45) is 0 Å². The zero-order chi connectivity index (χ0) is 4.41. The SMILES string of the molecule is Sc1cscn1.[NaH]. The molecule has 0 saturated carbocycles. The molecule has 0 aliphatic rings. The summed E-state index contributed by atoms with van der Waals surface area (Å²) in [6.45, 7) is 0. The van der Waals surface area contributed by atoms with Gasteiger partial charge in [0.1, 0.15) is 5.03 Å². The van der Waals surface area contributed by atoms with Gasteiger partial charge >= 0.3 is 29.6 Å². The Balaban J connectivity index is 0.000000360. The third kappa shape index (κ3) is 2.72. The normalized spacial score (nSPS) is 7.57. The zero-order valence-electron chi connectivity index (χ0n) is 2.96. The number of hydrogen-bond donors (Lipinski definition) is 1. The van der Waals surface area contributed by atoms with E-state index >= 15 is 0 Å². The van der Waals surface area contributed by atoms with Crippen LogP contribution in [0.2, 0.25) is 0 Å². The molecular formula is C3H4NNaS2. The molecule has 0 aliphatic carbocycles.